The average Bonchev–Trinajstić information content (AvgIpc) is 2.49. The highest BCUT2D eigenvalue weighted by atomic mass is 79.9. The Morgan fingerprint density at radius 3 is 2.86 bits per heavy atom. The van der Waals surface area contributed by atoms with Crippen molar-refractivity contribution in [2.75, 3.05) is 51.3 Å². The Labute approximate surface area is 134 Å². The van der Waals surface area contributed by atoms with Crippen molar-refractivity contribution in [3.63, 3.8) is 0 Å². The summed E-state index contributed by atoms with van der Waals surface area (Å²) in [7, 11) is 0. The predicted octanol–water partition coefficient (Wildman–Crippen LogP) is 1.62. The Morgan fingerprint density at radius 2 is 2.14 bits per heavy atom. The van der Waals surface area contributed by atoms with Crippen LogP contribution in [0.4, 0.5) is 5.69 Å². The Bertz CT molecular complexity index is 476. The average molecular weight is 356 g/mol. The first kappa shape index (κ1) is 16.3. The third-order valence-electron chi connectivity index (χ3n) is 3.48. The highest BCUT2D eigenvalue weighted by molar-refractivity contribution is 9.10. The molecule has 21 heavy (non-hydrogen) atoms. The quantitative estimate of drug-likeness (QED) is 0.814. The first-order chi connectivity index (χ1) is 10.1. The van der Waals surface area contributed by atoms with Gasteiger partial charge in [0.15, 0.2) is 0 Å². The molecular weight excluding hydrogens is 334 g/mol. The fraction of sp³-hybridized carbons (Fsp3) is 0.533. The number of rotatable bonds is 6. The second-order valence-electron chi connectivity index (χ2n) is 5.12. The van der Waals surface area contributed by atoms with Crippen molar-refractivity contribution >= 4 is 27.5 Å². The van der Waals surface area contributed by atoms with Crippen LogP contribution < -0.4 is 10.6 Å². The lowest BCUT2D eigenvalue weighted by molar-refractivity contribution is -0.119. The Morgan fingerprint density at radius 1 is 1.38 bits per heavy atom. The Hall–Kier alpha value is -1.11. The van der Waals surface area contributed by atoms with Crippen molar-refractivity contribution < 1.29 is 9.53 Å². The number of hydrogen-bond acceptors (Lipinski definition) is 4. The Kier molecular flexibility index (Phi) is 6.48. The van der Waals surface area contributed by atoms with Crippen LogP contribution in [0.25, 0.3) is 0 Å². The van der Waals surface area contributed by atoms with E-state index in [1.54, 1.807) is 0 Å². The minimum Gasteiger partial charge on any atom is -0.379 e. The fourth-order valence-corrected chi connectivity index (χ4v) is 2.50. The molecule has 6 heteroatoms. The summed E-state index contributed by atoms with van der Waals surface area (Å²) in [5.74, 6) is 0.0138. The van der Waals surface area contributed by atoms with Gasteiger partial charge in [-0.05, 0) is 24.6 Å². The highest BCUT2D eigenvalue weighted by Gasteiger charge is 2.10. The zero-order chi connectivity index (χ0) is 15.1. The van der Waals surface area contributed by atoms with Gasteiger partial charge in [0, 0.05) is 36.3 Å². The summed E-state index contributed by atoms with van der Waals surface area (Å²) in [6.45, 7) is 7.36. The molecule has 1 saturated heterocycles. The van der Waals surface area contributed by atoms with Crippen LogP contribution in [0.15, 0.2) is 22.7 Å². The van der Waals surface area contributed by atoms with Gasteiger partial charge in [0.1, 0.15) is 0 Å². The van der Waals surface area contributed by atoms with Gasteiger partial charge in [-0.3, -0.25) is 9.69 Å². The van der Waals surface area contributed by atoms with E-state index in [0.717, 1.165) is 43.0 Å². The van der Waals surface area contributed by atoms with Gasteiger partial charge in [0.05, 0.1) is 19.8 Å². The summed E-state index contributed by atoms with van der Waals surface area (Å²) in [5.41, 5.74) is 2.12. The molecule has 2 N–H and O–H groups in total. The lowest BCUT2D eigenvalue weighted by atomic mass is 10.2. The molecule has 0 atom stereocenters. The van der Waals surface area contributed by atoms with Crippen molar-refractivity contribution in [2.24, 2.45) is 0 Å². The summed E-state index contributed by atoms with van der Waals surface area (Å²) in [5, 5.41) is 6.06. The van der Waals surface area contributed by atoms with Crippen LogP contribution in [0, 0.1) is 6.92 Å². The van der Waals surface area contributed by atoms with E-state index in [1.807, 2.05) is 25.1 Å². The summed E-state index contributed by atoms with van der Waals surface area (Å²) in [4.78, 5) is 14.1. The molecule has 0 unspecified atom stereocenters. The van der Waals surface area contributed by atoms with Crippen LogP contribution in [0.3, 0.4) is 0 Å². The minimum absolute atomic E-state index is 0.0138. The molecule has 0 radical (unpaired) electrons. The second kappa shape index (κ2) is 8.36. The lowest BCUT2D eigenvalue weighted by Crippen LogP contribution is -2.42. The van der Waals surface area contributed by atoms with Gasteiger partial charge in [0.25, 0.3) is 0 Å². The summed E-state index contributed by atoms with van der Waals surface area (Å²) in [6, 6.07) is 5.97. The number of benzene rings is 1. The molecule has 1 aromatic carbocycles. The molecule has 116 valence electrons. The molecule has 1 fully saturated rings. The number of ether oxygens (including phenoxy) is 1. The standard InChI is InChI=1S/C15H22BrN3O2/c1-12-2-3-13(10-14(12)16)18-11-15(20)17-4-5-19-6-8-21-9-7-19/h2-3,10,18H,4-9,11H2,1H3,(H,17,20). The number of anilines is 1. The molecule has 1 aromatic rings. The van der Waals surface area contributed by atoms with E-state index in [2.05, 4.69) is 31.5 Å². The van der Waals surface area contributed by atoms with E-state index in [0.29, 0.717) is 13.1 Å². The maximum Gasteiger partial charge on any atom is 0.239 e. The zero-order valence-electron chi connectivity index (χ0n) is 12.3. The molecule has 0 aliphatic carbocycles. The first-order valence-electron chi connectivity index (χ1n) is 7.22. The normalized spacial score (nSPS) is 15.7. The highest BCUT2D eigenvalue weighted by Crippen LogP contribution is 2.20. The van der Waals surface area contributed by atoms with Crippen LogP contribution >= 0.6 is 15.9 Å². The van der Waals surface area contributed by atoms with Crippen LogP contribution in [-0.2, 0) is 9.53 Å². The molecule has 1 amide bonds. The van der Waals surface area contributed by atoms with Crippen LogP contribution in [0.1, 0.15) is 5.56 Å². The number of hydrogen-bond donors (Lipinski definition) is 2. The van der Waals surface area contributed by atoms with Crippen LogP contribution in [-0.4, -0.2) is 56.7 Å². The van der Waals surface area contributed by atoms with Gasteiger partial charge in [0.2, 0.25) is 5.91 Å². The third-order valence-corrected chi connectivity index (χ3v) is 4.33. The van der Waals surface area contributed by atoms with Gasteiger partial charge in [-0.1, -0.05) is 22.0 Å². The smallest absolute Gasteiger partial charge is 0.239 e. The second-order valence-corrected chi connectivity index (χ2v) is 5.98. The van der Waals surface area contributed by atoms with Crippen molar-refractivity contribution in [1.82, 2.24) is 10.2 Å². The van der Waals surface area contributed by atoms with Crippen molar-refractivity contribution in [2.45, 2.75) is 6.92 Å². The Balaban J connectivity index is 1.63. The SMILES string of the molecule is Cc1ccc(NCC(=O)NCCN2CCOCC2)cc1Br. The number of aryl methyl sites for hydroxylation is 1. The van der Waals surface area contributed by atoms with E-state index in [1.165, 1.54) is 5.56 Å². The van der Waals surface area contributed by atoms with E-state index in [9.17, 15) is 4.79 Å². The van der Waals surface area contributed by atoms with Gasteiger partial charge >= 0.3 is 0 Å². The van der Waals surface area contributed by atoms with Gasteiger partial charge in [-0.15, -0.1) is 0 Å². The van der Waals surface area contributed by atoms with Crippen LogP contribution in [0.5, 0.6) is 0 Å². The largest absolute Gasteiger partial charge is 0.379 e. The van der Waals surface area contributed by atoms with E-state index >= 15 is 0 Å². The number of nitrogens with one attached hydrogen (secondary N) is 2. The number of halogens is 1. The molecule has 1 heterocycles. The third kappa shape index (κ3) is 5.65. The van der Waals surface area contributed by atoms with E-state index < -0.39 is 0 Å². The summed E-state index contributed by atoms with van der Waals surface area (Å²) >= 11 is 3.48. The van der Waals surface area contributed by atoms with Gasteiger partial charge in [-0.2, -0.15) is 0 Å². The monoisotopic (exact) mass is 355 g/mol. The minimum atomic E-state index is 0.0138. The number of carbonyl (C=O) groups excluding carboxylic acids is 1. The number of nitrogens with zero attached hydrogens (tertiary/aromatic N) is 1. The molecule has 5 nitrogen and oxygen atoms in total. The van der Waals surface area contributed by atoms with Crippen molar-refractivity contribution in [3.05, 3.63) is 28.2 Å². The molecular formula is C15H22BrN3O2. The maximum absolute atomic E-state index is 11.8. The van der Waals surface area contributed by atoms with E-state index in [-0.39, 0.29) is 5.91 Å². The zero-order valence-corrected chi connectivity index (χ0v) is 13.9. The number of amides is 1. The molecule has 0 saturated carbocycles. The van der Waals surface area contributed by atoms with Gasteiger partial charge < -0.3 is 15.4 Å². The molecule has 0 spiro atoms. The lowest BCUT2D eigenvalue weighted by Gasteiger charge is -2.26. The predicted molar refractivity (Wildman–Crippen MR) is 87.6 cm³/mol. The maximum atomic E-state index is 11.8. The summed E-state index contributed by atoms with van der Waals surface area (Å²) < 4.78 is 6.33. The van der Waals surface area contributed by atoms with Crippen LogP contribution in [0.2, 0.25) is 0 Å². The summed E-state index contributed by atoms with van der Waals surface area (Å²) in [6.07, 6.45) is 0. The first-order valence-corrected chi connectivity index (χ1v) is 8.01. The number of morpholine rings is 1. The molecule has 0 aromatic heterocycles. The number of carbonyl (C=O) groups is 1. The molecule has 2 rings (SSSR count). The van der Waals surface area contributed by atoms with Gasteiger partial charge in [-0.25, -0.2) is 0 Å². The van der Waals surface area contributed by atoms with Crippen molar-refractivity contribution in [3.8, 4) is 0 Å². The fourth-order valence-electron chi connectivity index (χ4n) is 2.13. The topological polar surface area (TPSA) is 53.6 Å². The molecule has 1 aliphatic heterocycles. The molecule has 0 bridgehead atoms. The van der Waals surface area contributed by atoms with Crippen molar-refractivity contribution in [1.29, 1.82) is 0 Å². The molecule has 1 aliphatic rings. The van der Waals surface area contributed by atoms with E-state index in [4.69, 9.17) is 4.74 Å².